The van der Waals surface area contributed by atoms with Crippen LogP contribution >= 0.6 is 15.9 Å². The highest BCUT2D eigenvalue weighted by atomic mass is 79.9. The van der Waals surface area contributed by atoms with Crippen LogP contribution in [0.4, 0.5) is 13.2 Å². The summed E-state index contributed by atoms with van der Waals surface area (Å²) in [6, 6.07) is 6.65. The Bertz CT molecular complexity index is 417. The molecule has 0 radical (unpaired) electrons. The molecule has 0 saturated carbocycles. The second kappa shape index (κ2) is 6.93. The van der Waals surface area contributed by atoms with Gasteiger partial charge in [0.15, 0.2) is 0 Å². The number of nitrogens with zero attached hydrogens (tertiary/aromatic N) is 1. The molecule has 106 valence electrons. The Kier molecular flexibility index (Phi) is 5.85. The first-order valence-electron chi connectivity index (χ1n) is 5.88. The highest BCUT2D eigenvalue weighted by Crippen LogP contribution is 2.18. The summed E-state index contributed by atoms with van der Waals surface area (Å²) in [6.45, 7) is 0.762. The minimum Gasteiger partial charge on any atom is -0.329 e. The quantitative estimate of drug-likeness (QED) is 0.751. The van der Waals surface area contributed by atoms with E-state index in [0.29, 0.717) is 5.33 Å². The van der Waals surface area contributed by atoms with Crippen molar-refractivity contribution in [3.63, 3.8) is 0 Å². The molecule has 6 heteroatoms. The Morgan fingerprint density at radius 1 is 1.26 bits per heavy atom. The minimum absolute atomic E-state index is 0.0217. The van der Waals surface area contributed by atoms with Gasteiger partial charge in [-0.05, 0) is 24.1 Å². The van der Waals surface area contributed by atoms with Gasteiger partial charge in [0.1, 0.15) is 6.54 Å². The predicted molar refractivity (Wildman–Crippen MR) is 71.6 cm³/mol. The average molecular weight is 338 g/mol. The highest BCUT2D eigenvalue weighted by Gasteiger charge is 2.33. The van der Waals surface area contributed by atoms with Gasteiger partial charge in [0, 0.05) is 17.4 Å². The van der Waals surface area contributed by atoms with Gasteiger partial charge in [-0.3, -0.25) is 4.79 Å². The van der Waals surface area contributed by atoms with E-state index in [-0.39, 0.29) is 12.1 Å². The number of hydrogen-bond acceptors (Lipinski definition) is 1. The van der Waals surface area contributed by atoms with Gasteiger partial charge in [-0.1, -0.05) is 35.0 Å². The maximum absolute atomic E-state index is 12.4. The van der Waals surface area contributed by atoms with Crippen LogP contribution in [-0.4, -0.2) is 35.4 Å². The molecule has 1 aromatic rings. The average Bonchev–Trinajstić information content (AvgIpc) is 2.36. The summed E-state index contributed by atoms with van der Waals surface area (Å²) in [5, 5.41) is 0.307. The van der Waals surface area contributed by atoms with Gasteiger partial charge in [0.05, 0.1) is 0 Å². The smallest absolute Gasteiger partial charge is 0.329 e. The highest BCUT2D eigenvalue weighted by molar-refractivity contribution is 9.09. The Balaban J connectivity index is 2.85. The Hall–Kier alpha value is -1.04. The number of benzene rings is 1. The Labute approximate surface area is 118 Å². The molecule has 2 nitrogen and oxygen atoms in total. The van der Waals surface area contributed by atoms with Gasteiger partial charge in [0.25, 0.3) is 5.91 Å². The van der Waals surface area contributed by atoms with Crippen LogP contribution in [0.15, 0.2) is 24.3 Å². The molecule has 1 aromatic carbocycles. The van der Waals surface area contributed by atoms with Gasteiger partial charge < -0.3 is 4.90 Å². The lowest BCUT2D eigenvalue weighted by Crippen LogP contribution is -2.40. The monoisotopic (exact) mass is 337 g/mol. The van der Waals surface area contributed by atoms with E-state index in [4.69, 9.17) is 0 Å². The zero-order chi connectivity index (χ0) is 14.5. The van der Waals surface area contributed by atoms with Crippen LogP contribution in [0.5, 0.6) is 0 Å². The lowest BCUT2D eigenvalue weighted by atomic mass is 10.1. The summed E-state index contributed by atoms with van der Waals surface area (Å²) < 4.78 is 37.2. The number of amides is 1. The van der Waals surface area contributed by atoms with Crippen molar-refractivity contribution in [3.8, 4) is 0 Å². The number of alkyl halides is 4. The molecule has 1 rings (SSSR count). The van der Waals surface area contributed by atoms with E-state index in [1.54, 1.807) is 24.3 Å². The van der Waals surface area contributed by atoms with Gasteiger partial charge in [-0.25, -0.2) is 0 Å². The molecule has 0 unspecified atom stereocenters. The number of aryl methyl sites for hydroxylation is 1. The molecule has 0 aliphatic rings. The van der Waals surface area contributed by atoms with Gasteiger partial charge in [-0.2, -0.15) is 13.2 Å². The number of rotatable bonds is 5. The van der Waals surface area contributed by atoms with Gasteiger partial charge >= 0.3 is 6.18 Å². The van der Waals surface area contributed by atoms with Crippen LogP contribution in [0.2, 0.25) is 0 Å². The Morgan fingerprint density at radius 3 is 2.26 bits per heavy atom. The number of hydrogen-bond donors (Lipinski definition) is 0. The number of carbonyl (C=O) groups is 1. The third kappa shape index (κ3) is 5.22. The molecular weight excluding hydrogens is 323 g/mol. The van der Waals surface area contributed by atoms with E-state index < -0.39 is 18.6 Å². The first-order valence-corrected chi connectivity index (χ1v) is 7.00. The van der Waals surface area contributed by atoms with Crippen molar-refractivity contribution < 1.29 is 18.0 Å². The first kappa shape index (κ1) is 16.0. The second-order valence-electron chi connectivity index (χ2n) is 4.08. The SMILES string of the molecule is CCc1ccc(C(=O)N(CCBr)CC(F)(F)F)cc1. The molecule has 0 saturated heterocycles. The van der Waals surface area contributed by atoms with Crippen molar-refractivity contribution in [3.05, 3.63) is 35.4 Å². The molecule has 0 spiro atoms. The lowest BCUT2D eigenvalue weighted by Gasteiger charge is -2.23. The molecule has 0 aliphatic heterocycles. The van der Waals surface area contributed by atoms with Crippen molar-refractivity contribution in [2.45, 2.75) is 19.5 Å². The standard InChI is InChI=1S/C13H15BrF3NO/c1-2-10-3-5-11(6-4-10)12(19)18(8-7-14)9-13(15,16)17/h3-6H,2,7-9H2,1H3. The van der Waals surface area contributed by atoms with Crippen LogP contribution in [0.25, 0.3) is 0 Å². The second-order valence-corrected chi connectivity index (χ2v) is 4.87. The molecule has 0 atom stereocenters. The van der Waals surface area contributed by atoms with E-state index in [2.05, 4.69) is 15.9 Å². The topological polar surface area (TPSA) is 20.3 Å². The zero-order valence-electron chi connectivity index (χ0n) is 10.5. The first-order chi connectivity index (χ1) is 8.87. The predicted octanol–water partition coefficient (Wildman–Crippen LogP) is 3.65. The molecule has 0 N–H and O–H groups in total. The fourth-order valence-electron chi connectivity index (χ4n) is 1.64. The summed E-state index contributed by atoms with van der Waals surface area (Å²) in [6.07, 6.45) is -3.57. The third-order valence-electron chi connectivity index (χ3n) is 2.62. The maximum Gasteiger partial charge on any atom is 0.406 e. The lowest BCUT2D eigenvalue weighted by molar-refractivity contribution is -0.140. The molecule has 0 bridgehead atoms. The summed E-state index contributed by atoms with van der Waals surface area (Å²) in [5.74, 6) is -0.598. The molecular formula is C13H15BrF3NO. The molecule has 1 amide bonds. The molecule has 0 aliphatic carbocycles. The fourth-order valence-corrected chi connectivity index (χ4v) is 2.06. The van der Waals surface area contributed by atoms with Crippen LogP contribution in [0, 0.1) is 0 Å². The van der Waals surface area contributed by atoms with E-state index in [1.807, 2.05) is 6.92 Å². The van der Waals surface area contributed by atoms with Crippen LogP contribution in [0.1, 0.15) is 22.8 Å². The van der Waals surface area contributed by atoms with Crippen LogP contribution in [-0.2, 0) is 6.42 Å². The van der Waals surface area contributed by atoms with Crippen molar-refractivity contribution in [2.24, 2.45) is 0 Å². The zero-order valence-corrected chi connectivity index (χ0v) is 12.1. The van der Waals surface area contributed by atoms with Gasteiger partial charge in [-0.15, -0.1) is 0 Å². The summed E-state index contributed by atoms with van der Waals surface area (Å²) in [7, 11) is 0. The summed E-state index contributed by atoms with van der Waals surface area (Å²) in [4.78, 5) is 12.8. The van der Waals surface area contributed by atoms with E-state index in [9.17, 15) is 18.0 Å². The fraction of sp³-hybridized carbons (Fsp3) is 0.462. The number of carbonyl (C=O) groups excluding carboxylic acids is 1. The molecule has 0 aromatic heterocycles. The van der Waals surface area contributed by atoms with Crippen molar-refractivity contribution in [2.75, 3.05) is 18.4 Å². The van der Waals surface area contributed by atoms with E-state index in [0.717, 1.165) is 16.9 Å². The van der Waals surface area contributed by atoms with E-state index in [1.165, 1.54) is 0 Å². The normalized spacial score (nSPS) is 11.4. The molecule has 0 heterocycles. The number of halogens is 4. The van der Waals surface area contributed by atoms with E-state index >= 15 is 0 Å². The summed E-state index contributed by atoms with van der Waals surface area (Å²) >= 11 is 3.06. The van der Waals surface area contributed by atoms with Crippen LogP contribution < -0.4 is 0 Å². The van der Waals surface area contributed by atoms with Crippen molar-refractivity contribution >= 4 is 21.8 Å². The molecule has 0 fully saturated rings. The maximum atomic E-state index is 12.4. The van der Waals surface area contributed by atoms with Crippen molar-refractivity contribution in [1.29, 1.82) is 0 Å². The minimum atomic E-state index is -4.39. The third-order valence-corrected chi connectivity index (χ3v) is 2.98. The largest absolute Gasteiger partial charge is 0.406 e. The van der Waals surface area contributed by atoms with Crippen LogP contribution in [0.3, 0.4) is 0 Å². The van der Waals surface area contributed by atoms with Gasteiger partial charge in [0.2, 0.25) is 0 Å². The summed E-state index contributed by atoms with van der Waals surface area (Å²) in [5.41, 5.74) is 1.32. The Morgan fingerprint density at radius 2 is 1.84 bits per heavy atom. The van der Waals surface area contributed by atoms with Crippen molar-refractivity contribution in [1.82, 2.24) is 4.90 Å². The molecule has 19 heavy (non-hydrogen) atoms.